The van der Waals surface area contributed by atoms with E-state index in [1.807, 2.05) is 0 Å². The molecule has 3 aromatic rings. The molecule has 0 bridgehead atoms. The van der Waals surface area contributed by atoms with Crippen molar-refractivity contribution in [3.05, 3.63) is 40.6 Å². The van der Waals surface area contributed by atoms with Crippen LogP contribution in [0.5, 0.6) is 28.7 Å². The topological polar surface area (TPSA) is 190 Å². The number of rotatable bonds is 3. The second-order valence-electron chi connectivity index (χ2n) is 6.97. The second kappa shape index (κ2) is 7.63. The van der Waals surface area contributed by atoms with E-state index in [2.05, 4.69) is 0 Å². The fourth-order valence-electron chi connectivity index (χ4n) is 3.22. The van der Waals surface area contributed by atoms with Crippen molar-refractivity contribution in [2.24, 2.45) is 0 Å². The Labute approximate surface area is 173 Å². The van der Waals surface area contributed by atoms with Crippen LogP contribution in [0.3, 0.4) is 0 Å². The van der Waals surface area contributed by atoms with Gasteiger partial charge in [0.05, 0.1) is 6.61 Å². The van der Waals surface area contributed by atoms with Gasteiger partial charge in [0.15, 0.2) is 17.1 Å². The summed E-state index contributed by atoms with van der Waals surface area (Å²) in [6.07, 6.45) is -6.25. The Kier molecular flexibility index (Phi) is 5.11. The summed E-state index contributed by atoms with van der Waals surface area (Å²) in [5, 5.41) is 69.2. The van der Waals surface area contributed by atoms with Gasteiger partial charge in [-0.25, -0.2) is 0 Å². The van der Waals surface area contributed by atoms with Crippen LogP contribution in [0.2, 0.25) is 0 Å². The first-order valence-corrected chi connectivity index (χ1v) is 9.05. The van der Waals surface area contributed by atoms with Crippen molar-refractivity contribution in [2.45, 2.75) is 24.6 Å². The first kappa shape index (κ1) is 20.8. The lowest BCUT2D eigenvalue weighted by Crippen LogP contribution is -2.54. The van der Waals surface area contributed by atoms with E-state index in [0.717, 1.165) is 6.07 Å². The molecule has 7 N–H and O–H groups in total. The van der Waals surface area contributed by atoms with Crippen LogP contribution in [0.25, 0.3) is 22.3 Å². The average molecular weight is 434 g/mol. The highest BCUT2D eigenvalue weighted by Gasteiger charge is 2.40. The van der Waals surface area contributed by atoms with E-state index >= 15 is 0 Å². The Morgan fingerprint density at radius 2 is 1.61 bits per heavy atom. The molecule has 11 heteroatoms. The molecule has 1 fully saturated rings. The molecule has 4 rings (SSSR count). The first-order valence-electron chi connectivity index (χ1n) is 9.05. The van der Waals surface area contributed by atoms with Crippen LogP contribution in [0.1, 0.15) is 0 Å². The van der Waals surface area contributed by atoms with Gasteiger partial charge in [0.25, 0.3) is 0 Å². The zero-order valence-electron chi connectivity index (χ0n) is 15.7. The van der Waals surface area contributed by atoms with Crippen LogP contribution < -0.4 is 10.2 Å². The molecule has 4 atom stereocenters. The Bertz CT molecular complexity index is 1180. The Balaban J connectivity index is 1.89. The Morgan fingerprint density at radius 3 is 2.29 bits per heavy atom. The van der Waals surface area contributed by atoms with Gasteiger partial charge in [-0.2, -0.15) is 0 Å². The molecule has 1 aliphatic rings. The molecule has 1 aromatic heterocycles. The van der Waals surface area contributed by atoms with Gasteiger partial charge in [-0.1, -0.05) is 0 Å². The largest absolute Gasteiger partial charge is 0.508 e. The highest BCUT2D eigenvalue weighted by Crippen LogP contribution is 2.43. The van der Waals surface area contributed by atoms with E-state index < -0.39 is 64.0 Å². The number of hydrogen-bond donors (Lipinski definition) is 7. The van der Waals surface area contributed by atoms with E-state index in [0.29, 0.717) is 0 Å². The van der Waals surface area contributed by atoms with E-state index in [-0.39, 0.29) is 23.7 Å². The summed E-state index contributed by atoms with van der Waals surface area (Å²) in [6, 6.07) is 6.06. The summed E-state index contributed by atoms with van der Waals surface area (Å²) in [5.41, 5.74) is -1.32. The van der Waals surface area contributed by atoms with Crippen molar-refractivity contribution >= 4 is 11.0 Å². The van der Waals surface area contributed by atoms with Gasteiger partial charge < -0.3 is 49.6 Å². The number of phenols is 3. The molecule has 0 aliphatic carbocycles. The first-order chi connectivity index (χ1) is 14.7. The van der Waals surface area contributed by atoms with Crippen LogP contribution in [-0.4, -0.2) is 67.0 Å². The quantitative estimate of drug-likeness (QED) is 0.296. The summed E-state index contributed by atoms with van der Waals surface area (Å²) in [5.74, 6) is -3.16. The fourth-order valence-corrected chi connectivity index (χ4v) is 3.22. The third kappa shape index (κ3) is 3.49. The molecule has 0 radical (unpaired) electrons. The second-order valence-corrected chi connectivity index (χ2v) is 6.97. The maximum atomic E-state index is 12.7. The summed E-state index contributed by atoms with van der Waals surface area (Å²) >= 11 is 0. The smallest absolute Gasteiger partial charge is 0.238 e. The molecule has 2 aromatic carbocycles. The molecule has 0 spiro atoms. The number of aliphatic hydroxyl groups excluding tert-OH is 3. The van der Waals surface area contributed by atoms with Crippen molar-refractivity contribution in [1.82, 2.24) is 0 Å². The molecule has 1 saturated heterocycles. The summed E-state index contributed by atoms with van der Waals surface area (Å²) in [6.45, 7) is -0.386. The summed E-state index contributed by atoms with van der Waals surface area (Å²) in [4.78, 5) is 12.7. The van der Waals surface area contributed by atoms with Gasteiger partial charge in [-0.15, -0.1) is 0 Å². The highest BCUT2D eigenvalue weighted by molar-refractivity contribution is 5.93. The number of fused-ring (bicyclic) bond motifs is 1. The van der Waals surface area contributed by atoms with Gasteiger partial charge in [0.1, 0.15) is 35.2 Å². The minimum atomic E-state index is -1.72. The normalized spacial score (nSPS) is 23.7. The van der Waals surface area contributed by atoms with Crippen molar-refractivity contribution < 1.29 is 49.6 Å². The van der Waals surface area contributed by atoms with Gasteiger partial charge in [-0.05, 0) is 24.3 Å². The van der Waals surface area contributed by atoms with Crippen molar-refractivity contribution in [3.63, 3.8) is 0 Å². The van der Waals surface area contributed by atoms with Gasteiger partial charge in [0.2, 0.25) is 23.2 Å². The lowest BCUT2D eigenvalue weighted by molar-refractivity contribution is -0.242. The van der Waals surface area contributed by atoms with Crippen LogP contribution in [0, 0.1) is 0 Å². The maximum Gasteiger partial charge on any atom is 0.238 e. The standard InChI is InChI=1S/C20H18O11/c21-8-3-1-7(2-4-8)17-15(27)14(26)12-9(22)5-10(23)18(19(12)30-17)31-20-16(28)13(25)11(24)6-29-20/h1-5,11,13,16,20-25,27-28H,6H2/t11-,13+,16-,20+/m0/s1. The highest BCUT2D eigenvalue weighted by atomic mass is 16.7. The minimum Gasteiger partial charge on any atom is -0.508 e. The molecule has 0 amide bonds. The predicted molar refractivity (Wildman–Crippen MR) is 103 cm³/mol. The molecule has 164 valence electrons. The summed E-state index contributed by atoms with van der Waals surface area (Å²) < 4.78 is 16.2. The average Bonchev–Trinajstić information content (AvgIpc) is 2.73. The zero-order chi connectivity index (χ0) is 22.4. The SMILES string of the molecule is O=c1c(O)c(-c2ccc(O)cc2)oc2c(O[C@H]3OC[C@H](O)[C@@H](O)[C@@H]3O)c(O)cc(O)c12. The number of ether oxygens (including phenoxy) is 2. The van der Waals surface area contributed by atoms with Crippen LogP contribution in [0.15, 0.2) is 39.5 Å². The van der Waals surface area contributed by atoms with Crippen LogP contribution in [-0.2, 0) is 4.74 Å². The van der Waals surface area contributed by atoms with Crippen molar-refractivity contribution in [3.8, 4) is 40.1 Å². The molecular formula is C20H18O11. The lowest BCUT2D eigenvalue weighted by atomic mass is 10.1. The van der Waals surface area contributed by atoms with E-state index in [4.69, 9.17) is 13.9 Å². The molecule has 31 heavy (non-hydrogen) atoms. The monoisotopic (exact) mass is 434 g/mol. The van der Waals surface area contributed by atoms with Crippen LogP contribution in [0.4, 0.5) is 0 Å². The van der Waals surface area contributed by atoms with Crippen molar-refractivity contribution in [1.29, 1.82) is 0 Å². The molecule has 0 saturated carbocycles. The third-order valence-corrected chi connectivity index (χ3v) is 4.87. The van der Waals surface area contributed by atoms with Gasteiger partial charge >= 0.3 is 0 Å². The van der Waals surface area contributed by atoms with Crippen LogP contribution >= 0.6 is 0 Å². The van der Waals surface area contributed by atoms with E-state index in [1.165, 1.54) is 24.3 Å². The lowest BCUT2D eigenvalue weighted by Gasteiger charge is -2.35. The predicted octanol–water partition coefficient (Wildman–Crippen LogP) is 0.100. The molecule has 2 heterocycles. The molecular weight excluding hydrogens is 416 g/mol. The number of hydrogen-bond acceptors (Lipinski definition) is 11. The zero-order valence-corrected chi connectivity index (χ0v) is 15.7. The number of aliphatic hydroxyl groups is 3. The minimum absolute atomic E-state index is 0.0742. The maximum absolute atomic E-state index is 12.7. The van der Waals surface area contributed by atoms with Gasteiger partial charge in [-0.3, -0.25) is 4.79 Å². The van der Waals surface area contributed by atoms with Crippen molar-refractivity contribution in [2.75, 3.05) is 6.61 Å². The number of benzene rings is 2. The molecule has 1 aliphatic heterocycles. The van der Waals surface area contributed by atoms with E-state index in [9.17, 15) is 40.5 Å². The molecule has 11 nitrogen and oxygen atoms in total. The third-order valence-electron chi connectivity index (χ3n) is 4.87. The number of phenolic OH excluding ortho intramolecular Hbond substituents is 3. The molecule has 0 unspecified atom stereocenters. The number of aromatic hydroxyl groups is 4. The fraction of sp³-hybridized carbons (Fsp3) is 0.250. The Morgan fingerprint density at radius 1 is 0.935 bits per heavy atom. The van der Waals surface area contributed by atoms with Gasteiger partial charge in [0, 0.05) is 11.6 Å². The Hall–Kier alpha value is -3.51. The van der Waals surface area contributed by atoms with E-state index in [1.54, 1.807) is 0 Å². The summed E-state index contributed by atoms with van der Waals surface area (Å²) in [7, 11) is 0.